The van der Waals surface area contributed by atoms with Crippen LogP contribution in [0.1, 0.15) is 37.6 Å². The maximum atomic E-state index is 6.21. The van der Waals surface area contributed by atoms with E-state index in [1.807, 2.05) is 37.6 Å². The van der Waals surface area contributed by atoms with Crippen LogP contribution in [-0.4, -0.2) is 9.55 Å². The number of imidazole rings is 1. The second kappa shape index (κ2) is 6.77. The van der Waals surface area contributed by atoms with E-state index in [4.69, 9.17) is 22.1 Å². The van der Waals surface area contributed by atoms with Gasteiger partial charge in [-0.15, -0.1) is 0 Å². The second-order valence-corrected chi connectivity index (χ2v) is 5.25. The van der Waals surface area contributed by atoms with Gasteiger partial charge in [-0.25, -0.2) is 4.98 Å². The van der Waals surface area contributed by atoms with E-state index < -0.39 is 0 Å². The molecule has 5 heteroatoms. The average Bonchev–Trinajstić information content (AvgIpc) is 2.85. The molecule has 0 fully saturated rings. The molecule has 2 aromatic rings. The van der Waals surface area contributed by atoms with Crippen LogP contribution < -0.4 is 10.5 Å². The number of halogens is 1. The molecule has 0 aliphatic rings. The molecule has 0 unspecified atom stereocenters. The average molecular weight is 294 g/mol. The van der Waals surface area contributed by atoms with Gasteiger partial charge in [-0.1, -0.05) is 24.6 Å². The van der Waals surface area contributed by atoms with Gasteiger partial charge >= 0.3 is 0 Å². The van der Waals surface area contributed by atoms with E-state index in [1.54, 1.807) is 0 Å². The number of ether oxygens (including phenoxy) is 1. The summed E-state index contributed by atoms with van der Waals surface area (Å²) < 4.78 is 7.86. The minimum Gasteiger partial charge on any atom is -0.486 e. The zero-order chi connectivity index (χ0) is 14.5. The van der Waals surface area contributed by atoms with Crippen LogP contribution in [0.2, 0.25) is 5.02 Å². The van der Waals surface area contributed by atoms with Gasteiger partial charge in [-0.2, -0.15) is 0 Å². The topological polar surface area (TPSA) is 53.1 Å². The molecule has 0 aliphatic heterocycles. The zero-order valence-electron chi connectivity index (χ0n) is 11.8. The molecule has 1 heterocycles. The van der Waals surface area contributed by atoms with Crippen molar-refractivity contribution >= 4 is 11.6 Å². The molecule has 108 valence electrons. The van der Waals surface area contributed by atoms with Crippen molar-refractivity contribution in [2.24, 2.45) is 5.73 Å². The van der Waals surface area contributed by atoms with Gasteiger partial charge in [0.25, 0.3) is 0 Å². The molecule has 1 atom stereocenters. The van der Waals surface area contributed by atoms with Crippen LogP contribution in [0.15, 0.2) is 30.7 Å². The summed E-state index contributed by atoms with van der Waals surface area (Å²) in [4.78, 5) is 4.15. The second-order valence-electron chi connectivity index (χ2n) is 4.85. The van der Waals surface area contributed by atoms with E-state index in [0.29, 0.717) is 17.4 Å². The molecule has 4 nitrogen and oxygen atoms in total. The number of hydrogen-bond acceptors (Lipinski definition) is 3. The maximum absolute atomic E-state index is 6.21. The van der Waals surface area contributed by atoms with Crippen LogP contribution in [0.5, 0.6) is 5.75 Å². The van der Waals surface area contributed by atoms with Gasteiger partial charge in [0, 0.05) is 12.6 Å². The third-order valence-corrected chi connectivity index (χ3v) is 3.42. The number of aromatic nitrogens is 2. The lowest BCUT2D eigenvalue weighted by Crippen LogP contribution is -2.06. The fraction of sp³-hybridized carbons (Fsp3) is 0.400. The summed E-state index contributed by atoms with van der Waals surface area (Å²) in [6, 6.07) is 5.62. The fourth-order valence-electron chi connectivity index (χ4n) is 1.98. The third-order valence-electron chi connectivity index (χ3n) is 3.12. The summed E-state index contributed by atoms with van der Waals surface area (Å²) in [7, 11) is 0. The highest BCUT2D eigenvalue weighted by Gasteiger charge is 2.08. The first-order chi connectivity index (χ1) is 9.61. The minimum atomic E-state index is -0.0347. The lowest BCUT2D eigenvalue weighted by atomic mass is 10.1. The highest BCUT2D eigenvalue weighted by atomic mass is 35.5. The summed E-state index contributed by atoms with van der Waals surface area (Å²) in [5.74, 6) is 0.667. The molecule has 0 saturated carbocycles. The molecule has 2 rings (SSSR count). The Hall–Kier alpha value is -1.52. The van der Waals surface area contributed by atoms with Crippen molar-refractivity contribution in [3.05, 3.63) is 47.0 Å². The number of rotatable bonds is 6. The molecule has 0 spiro atoms. The molecule has 1 aromatic carbocycles. The van der Waals surface area contributed by atoms with E-state index in [2.05, 4.69) is 16.5 Å². The Morgan fingerprint density at radius 2 is 2.25 bits per heavy atom. The van der Waals surface area contributed by atoms with Crippen molar-refractivity contribution in [3.63, 3.8) is 0 Å². The minimum absolute atomic E-state index is 0.0347. The van der Waals surface area contributed by atoms with Crippen LogP contribution in [0.4, 0.5) is 0 Å². The fourth-order valence-corrected chi connectivity index (χ4v) is 2.22. The van der Waals surface area contributed by atoms with Gasteiger partial charge < -0.3 is 15.0 Å². The standard InChI is InChI=1S/C15H20ClN3O/c1-3-6-19-10-18-8-13(19)9-20-15-5-4-12(11(2)17)7-14(15)16/h4-5,7-8,10-11H,3,6,9,17H2,1-2H3/t11-/m1/s1. The smallest absolute Gasteiger partial charge is 0.138 e. The summed E-state index contributed by atoms with van der Waals surface area (Å²) in [6.07, 6.45) is 4.70. The summed E-state index contributed by atoms with van der Waals surface area (Å²) in [5, 5.41) is 0.585. The van der Waals surface area contributed by atoms with Crippen molar-refractivity contribution in [1.82, 2.24) is 9.55 Å². The lowest BCUT2D eigenvalue weighted by Gasteiger charge is -2.12. The number of benzene rings is 1. The Kier molecular flexibility index (Phi) is 5.04. The van der Waals surface area contributed by atoms with E-state index in [9.17, 15) is 0 Å². The number of hydrogen-bond donors (Lipinski definition) is 1. The first-order valence-corrected chi connectivity index (χ1v) is 7.16. The van der Waals surface area contributed by atoms with E-state index in [1.165, 1.54) is 0 Å². The van der Waals surface area contributed by atoms with Crippen molar-refractivity contribution in [1.29, 1.82) is 0 Å². The highest BCUT2D eigenvalue weighted by molar-refractivity contribution is 6.32. The molecular weight excluding hydrogens is 274 g/mol. The van der Waals surface area contributed by atoms with Gasteiger partial charge in [0.2, 0.25) is 0 Å². The van der Waals surface area contributed by atoms with Gasteiger partial charge in [0.05, 0.1) is 23.2 Å². The summed E-state index contributed by atoms with van der Waals surface area (Å²) in [6.45, 7) is 5.46. The van der Waals surface area contributed by atoms with Crippen molar-refractivity contribution in [3.8, 4) is 5.75 Å². The van der Waals surface area contributed by atoms with E-state index in [0.717, 1.165) is 24.2 Å². The lowest BCUT2D eigenvalue weighted by molar-refractivity contribution is 0.294. The Morgan fingerprint density at radius 3 is 2.90 bits per heavy atom. The van der Waals surface area contributed by atoms with Gasteiger partial charge in [0.15, 0.2) is 0 Å². The Balaban J connectivity index is 2.05. The predicted molar refractivity (Wildman–Crippen MR) is 80.9 cm³/mol. The molecule has 0 aliphatic carbocycles. The number of aryl methyl sites for hydroxylation is 1. The first kappa shape index (κ1) is 14.9. The molecule has 2 N–H and O–H groups in total. The molecule has 0 bridgehead atoms. The van der Waals surface area contributed by atoms with Gasteiger partial charge in [0.1, 0.15) is 12.4 Å². The van der Waals surface area contributed by atoms with E-state index in [-0.39, 0.29) is 6.04 Å². The quantitative estimate of drug-likeness (QED) is 0.886. The van der Waals surface area contributed by atoms with Crippen LogP contribution in [-0.2, 0) is 13.2 Å². The molecular formula is C15H20ClN3O. The van der Waals surface area contributed by atoms with Crippen molar-refractivity contribution in [2.45, 2.75) is 39.5 Å². The van der Waals surface area contributed by atoms with Crippen molar-refractivity contribution < 1.29 is 4.74 Å². The SMILES string of the molecule is CCCn1cncc1COc1ccc([C@@H](C)N)cc1Cl. The normalized spacial score (nSPS) is 12.4. The molecule has 1 aromatic heterocycles. The third kappa shape index (κ3) is 3.52. The molecule has 0 amide bonds. The first-order valence-electron chi connectivity index (χ1n) is 6.78. The van der Waals surface area contributed by atoms with Crippen LogP contribution in [0, 0.1) is 0 Å². The largest absolute Gasteiger partial charge is 0.486 e. The molecule has 0 saturated heterocycles. The van der Waals surface area contributed by atoms with Crippen LogP contribution in [0.25, 0.3) is 0 Å². The monoisotopic (exact) mass is 293 g/mol. The Labute approximate surface area is 124 Å². The van der Waals surface area contributed by atoms with Gasteiger partial charge in [-0.3, -0.25) is 0 Å². The van der Waals surface area contributed by atoms with E-state index >= 15 is 0 Å². The number of nitrogens with two attached hydrogens (primary N) is 1. The van der Waals surface area contributed by atoms with Gasteiger partial charge in [-0.05, 0) is 31.0 Å². The molecule has 20 heavy (non-hydrogen) atoms. The Morgan fingerprint density at radius 1 is 1.45 bits per heavy atom. The summed E-state index contributed by atoms with van der Waals surface area (Å²) in [5.41, 5.74) is 7.87. The Bertz CT molecular complexity index is 566. The maximum Gasteiger partial charge on any atom is 0.138 e. The zero-order valence-corrected chi connectivity index (χ0v) is 12.6. The van der Waals surface area contributed by atoms with Crippen molar-refractivity contribution in [2.75, 3.05) is 0 Å². The van der Waals surface area contributed by atoms with Crippen LogP contribution in [0.3, 0.4) is 0 Å². The summed E-state index contributed by atoms with van der Waals surface area (Å²) >= 11 is 6.21. The highest BCUT2D eigenvalue weighted by Crippen LogP contribution is 2.28. The predicted octanol–water partition coefficient (Wildman–Crippen LogP) is 3.55. The number of nitrogens with zero attached hydrogens (tertiary/aromatic N) is 2. The molecule has 0 radical (unpaired) electrons. The van der Waals surface area contributed by atoms with Crippen LogP contribution >= 0.6 is 11.6 Å².